The lowest BCUT2D eigenvalue weighted by Gasteiger charge is -2.35. The SMILES string of the molecule is NC(=O)CCC(=O)OC(c1ccccc1)(c1ccccc1)c1ccccc1. The average molecular weight is 359 g/mol. The molecule has 3 rings (SSSR count). The zero-order valence-corrected chi connectivity index (χ0v) is 14.9. The number of amides is 1. The van der Waals surface area contributed by atoms with Crippen LogP contribution in [0.3, 0.4) is 0 Å². The maximum absolute atomic E-state index is 12.7. The second kappa shape index (κ2) is 8.32. The molecule has 0 unspecified atom stereocenters. The van der Waals surface area contributed by atoms with Crippen LogP contribution >= 0.6 is 0 Å². The summed E-state index contributed by atoms with van der Waals surface area (Å²) in [6, 6.07) is 28.8. The largest absolute Gasteiger partial charge is 0.444 e. The molecule has 3 aromatic carbocycles. The van der Waals surface area contributed by atoms with Crippen molar-refractivity contribution in [3.05, 3.63) is 108 Å². The molecule has 1 amide bonds. The van der Waals surface area contributed by atoms with E-state index in [0.29, 0.717) is 0 Å². The van der Waals surface area contributed by atoms with Gasteiger partial charge < -0.3 is 10.5 Å². The highest BCUT2D eigenvalue weighted by Gasteiger charge is 2.40. The predicted octanol–water partition coefficient (Wildman–Crippen LogP) is 3.79. The van der Waals surface area contributed by atoms with Gasteiger partial charge in [-0.3, -0.25) is 9.59 Å². The van der Waals surface area contributed by atoms with Gasteiger partial charge in [0.1, 0.15) is 0 Å². The molecule has 0 spiro atoms. The lowest BCUT2D eigenvalue weighted by Crippen LogP contribution is -2.35. The van der Waals surface area contributed by atoms with Crippen molar-refractivity contribution in [2.24, 2.45) is 5.73 Å². The third-order valence-corrected chi connectivity index (χ3v) is 4.38. The maximum atomic E-state index is 12.7. The second-order valence-corrected chi connectivity index (χ2v) is 6.22. The normalized spacial score (nSPS) is 11.0. The number of carbonyl (C=O) groups excluding carboxylic acids is 2. The van der Waals surface area contributed by atoms with E-state index in [0.717, 1.165) is 16.7 Å². The molecule has 136 valence electrons. The Kier molecular flexibility index (Phi) is 5.67. The van der Waals surface area contributed by atoms with Gasteiger partial charge in [-0.2, -0.15) is 0 Å². The summed E-state index contributed by atoms with van der Waals surface area (Å²) in [6.07, 6.45) is -0.114. The first-order valence-electron chi connectivity index (χ1n) is 8.79. The third-order valence-electron chi connectivity index (χ3n) is 4.38. The molecule has 0 radical (unpaired) electrons. The van der Waals surface area contributed by atoms with Crippen molar-refractivity contribution in [3.63, 3.8) is 0 Å². The highest BCUT2D eigenvalue weighted by atomic mass is 16.6. The summed E-state index contributed by atoms with van der Waals surface area (Å²) in [5, 5.41) is 0. The van der Waals surface area contributed by atoms with Gasteiger partial charge in [0.2, 0.25) is 5.91 Å². The van der Waals surface area contributed by atoms with E-state index < -0.39 is 17.5 Å². The summed E-state index contributed by atoms with van der Waals surface area (Å²) in [7, 11) is 0. The highest BCUT2D eigenvalue weighted by molar-refractivity contribution is 5.80. The first kappa shape index (κ1) is 18.4. The molecular weight excluding hydrogens is 338 g/mol. The van der Waals surface area contributed by atoms with Gasteiger partial charge in [0, 0.05) is 23.1 Å². The van der Waals surface area contributed by atoms with Gasteiger partial charge in [-0.15, -0.1) is 0 Å². The predicted molar refractivity (Wildman–Crippen MR) is 104 cm³/mol. The van der Waals surface area contributed by atoms with Crippen LogP contribution in [0.15, 0.2) is 91.0 Å². The topological polar surface area (TPSA) is 69.4 Å². The minimum atomic E-state index is -1.11. The number of carbonyl (C=O) groups is 2. The summed E-state index contributed by atoms with van der Waals surface area (Å²) in [5.74, 6) is -1.01. The lowest BCUT2D eigenvalue weighted by molar-refractivity contribution is -0.154. The summed E-state index contributed by atoms with van der Waals surface area (Å²) < 4.78 is 6.10. The van der Waals surface area contributed by atoms with Gasteiger partial charge in [-0.1, -0.05) is 91.0 Å². The number of benzene rings is 3. The smallest absolute Gasteiger partial charge is 0.307 e. The summed E-state index contributed by atoms with van der Waals surface area (Å²) in [4.78, 5) is 23.7. The zero-order valence-electron chi connectivity index (χ0n) is 14.9. The van der Waals surface area contributed by atoms with Crippen molar-refractivity contribution in [3.8, 4) is 0 Å². The van der Waals surface area contributed by atoms with Crippen LogP contribution in [-0.2, 0) is 19.9 Å². The third kappa shape index (κ3) is 4.06. The van der Waals surface area contributed by atoms with Crippen LogP contribution in [0.4, 0.5) is 0 Å². The average Bonchev–Trinajstić information content (AvgIpc) is 2.72. The quantitative estimate of drug-likeness (QED) is 0.515. The van der Waals surface area contributed by atoms with Crippen LogP contribution in [0, 0.1) is 0 Å². The van der Waals surface area contributed by atoms with Gasteiger partial charge >= 0.3 is 5.97 Å². The Hall–Kier alpha value is -3.40. The summed E-state index contributed by atoms with van der Waals surface area (Å²) >= 11 is 0. The molecule has 0 bridgehead atoms. The fourth-order valence-electron chi connectivity index (χ4n) is 3.14. The van der Waals surface area contributed by atoms with Crippen LogP contribution < -0.4 is 5.73 Å². The van der Waals surface area contributed by atoms with Gasteiger partial charge in [0.05, 0.1) is 6.42 Å². The monoisotopic (exact) mass is 359 g/mol. The minimum Gasteiger partial charge on any atom is -0.444 e. The van der Waals surface area contributed by atoms with Crippen LogP contribution in [0.1, 0.15) is 29.5 Å². The number of esters is 1. The Balaban J connectivity index is 2.17. The van der Waals surface area contributed by atoms with E-state index in [1.54, 1.807) is 0 Å². The molecule has 0 atom stereocenters. The van der Waals surface area contributed by atoms with Gasteiger partial charge in [-0.05, 0) is 0 Å². The molecule has 0 aliphatic heterocycles. The van der Waals surface area contributed by atoms with E-state index in [2.05, 4.69) is 0 Å². The molecule has 0 heterocycles. The molecule has 0 aromatic heterocycles. The van der Waals surface area contributed by atoms with E-state index in [4.69, 9.17) is 10.5 Å². The highest BCUT2D eigenvalue weighted by Crippen LogP contribution is 2.40. The maximum Gasteiger partial charge on any atom is 0.307 e. The number of primary amides is 1. The van der Waals surface area contributed by atoms with E-state index >= 15 is 0 Å². The number of hydrogen-bond donors (Lipinski definition) is 1. The fraction of sp³-hybridized carbons (Fsp3) is 0.130. The Morgan fingerprint density at radius 3 is 1.37 bits per heavy atom. The van der Waals surface area contributed by atoms with Gasteiger partial charge in [0.25, 0.3) is 0 Å². The Morgan fingerprint density at radius 1 is 0.667 bits per heavy atom. The molecule has 4 nitrogen and oxygen atoms in total. The molecule has 0 aliphatic carbocycles. The minimum absolute atomic E-state index is 0.0483. The molecule has 27 heavy (non-hydrogen) atoms. The van der Waals surface area contributed by atoms with Crippen molar-refractivity contribution in [1.29, 1.82) is 0 Å². The standard InChI is InChI=1S/C23H21NO3/c24-21(25)16-17-22(26)27-23(18-10-4-1-5-11-18,19-12-6-2-7-13-19)20-14-8-3-9-15-20/h1-15H,16-17H2,(H2,24,25). The Labute approximate surface area is 158 Å². The lowest BCUT2D eigenvalue weighted by atomic mass is 9.80. The molecule has 3 aromatic rings. The number of hydrogen-bond acceptors (Lipinski definition) is 3. The molecule has 0 saturated carbocycles. The molecule has 2 N–H and O–H groups in total. The fourth-order valence-corrected chi connectivity index (χ4v) is 3.14. The molecule has 0 saturated heterocycles. The van der Waals surface area contributed by atoms with E-state index in [-0.39, 0.29) is 12.8 Å². The number of ether oxygens (including phenoxy) is 1. The van der Waals surface area contributed by atoms with Crippen molar-refractivity contribution >= 4 is 11.9 Å². The molecule has 0 fully saturated rings. The van der Waals surface area contributed by atoms with Crippen LogP contribution in [0.25, 0.3) is 0 Å². The van der Waals surface area contributed by atoms with E-state index in [1.807, 2.05) is 91.0 Å². The van der Waals surface area contributed by atoms with Gasteiger partial charge in [0.15, 0.2) is 5.60 Å². The Bertz CT molecular complexity index is 796. The van der Waals surface area contributed by atoms with E-state index in [1.165, 1.54) is 0 Å². The summed E-state index contributed by atoms with van der Waals surface area (Å²) in [5.41, 5.74) is 6.56. The van der Waals surface area contributed by atoms with Crippen LogP contribution in [0.5, 0.6) is 0 Å². The number of nitrogens with two attached hydrogens (primary N) is 1. The van der Waals surface area contributed by atoms with Crippen molar-refractivity contribution in [1.82, 2.24) is 0 Å². The van der Waals surface area contributed by atoms with Crippen molar-refractivity contribution in [2.75, 3.05) is 0 Å². The summed E-state index contributed by atoms with van der Waals surface area (Å²) in [6.45, 7) is 0. The van der Waals surface area contributed by atoms with Crippen LogP contribution in [0.2, 0.25) is 0 Å². The molecule has 4 heteroatoms. The second-order valence-electron chi connectivity index (χ2n) is 6.22. The Morgan fingerprint density at radius 2 is 1.04 bits per heavy atom. The first-order valence-corrected chi connectivity index (χ1v) is 8.79. The molecule has 0 aliphatic rings. The number of rotatable bonds is 7. The first-order chi connectivity index (χ1) is 13.1. The van der Waals surface area contributed by atoms with Crippen molar-refractivity contribution in [2.45, 2.75) is 18.4 Å². The van der Waals surface area contributed by atoms with Gasteiger partial charge in [-0.25, -0.2) is 0 Å². The zero-order chi connectivity index (χ0) is 19.1. The molecular formula is C23H21NO3. The van der Waals surface area contributed by atoms with Crippen LogP contribution in [-0.4, -0.2) is 11.9 Å². The van der Waals surface area contributed by atoms with Crippen molar-refractivity contribution < 1.29 is 14.3 Å². The van der Waals surface area contributed by atoms with E-state index in [9.17, 15) is 9.59 Å².